The van der Waals surface area contributed by atoms with Crippen LogP contribution in [0.4, 0.5) is 5.13 Å². The lowest BCUT2D eigenvalue weighted by Gasteiger charge is -2.23. The van der Waals surface area contributed by atoms with Gasteiger partial charge in [-0.15, -0.1) is 11.3 Å². The molecule has 1 unspecified atom stereocenters. The Hall–Kier alpha value is -3.65. The molecule has 0 saturated carbocycles. The van der Waals surface area contributed by atoms with Crippen LogP contribution in [-0.2, 0) is 0 Å². The molecule has 0 saturated heterocycles. The molecule has 5 rings (SSSR count). The van der Waals surface area contributed by atoms with Gasteiger partial charge in [0.25, 0.3) is 5.91 Å². The van der Waals surface area contributed by atoms with Gasteiger partial charge in [-0.25, -0.2) is 4.98 Å². The van der Waals surface area contributed by atoms with Crippen LogP contribution in [0.15, 0.2) is 51.1 Å². The van der Waals surface area contributed by atoms with Gasteiger partial charge in [0.1, 0.15) is 5.58 Å². The number of hydrogen-bond donors (Lipinski definition) is 0. The van der Waals surface area contributed by atoms with Gasteiger partial charge in [-0.2, -0.15) is 0 Å². The molecule has 0 spiro atoms. The monoisotopic (exact) mass is 504 g/mol. The van der Waals surface area contributed by atoms with Gasteiger partial charge in [-0.05, 0) is 67.1 Å². The van der Waals surface area contributed by atoms with E-state index in [1.165, 1.54) is 16.2 Å². The summed E-state index contributed by atoms with van der Waals surface area (Å²) in [6.07, 6.45) is 2.55. The number of hydrogen-bond acceptors (Lipinski definition) is 7. The van der Waals surface area contributed by atoms with E-state index in [1.54, 1.807) is 18.7 Å². The first-order chi connectivity index (χ1) is 17.3. The molecule has 7 nitrogen and oxygen atoms in total. The number of amides is 1. The van der Waals surface area contributed by atoms with Crippen molar-refractivity contribution >= 4 is 33.3 Å². The lowest BCUT2D eigenvalue weighted by Crippen LogP contribution is -2.29. The average molecular weight is 505 g/mol. The summed E-state index contributed by atoms with van der Waals surface area (Å²) in [5.41, 5.74) is 3.17. The van der Waals surface area contributed by atoms with Gasteiger partial charge in [0, 0.05) is 11.6 Å². The number of nitrogens with zero attached hydrogens (tertiary/aromatic N) is 2. The van der Waals surface area contributed by atoms with Crippen LogP contribution in [-0.4, -0.2) is 24.6 Å². The quantitative estimate of drug-likeness (QED) is 0.305. The third-order valence-electron chi connectivity index (χ3n) is 6.57. The molecule has 0 bridgehead atoms. The standard InChI is InChI=1S/C28H28N2O5S/c1-15(2)8-10-34-20-7-6-18(14-22(20)33-5)24-23-25(31)19-12-16(3)17(4)13-21(19)35-26(23)27(32)30(24)28-29-9-11-36-28/h6-7,9,11-15,24H,8,10H2,1-5H3. The number of ether oxygens (including phenoxy) is 2. The summed E-state index contributed by atoms with van der Waals surface area (Å²) in [5, 5.41) is 2.74. The van der Waals surface area contributed by atoms with Crippen molar-refractivity contribution in [3.05, 3.63) is 80.1 Å². The number of benzene rings is 2. The van der Waals surface area contributed by atoms with E-state index in [0.29, 0.717) is 51.3 Å². The summed E-state index contributed by atoms with van der Waals surface area (Å²) in [5.74, 6) is 1.33. The van der Waals surface area contributed by atoms with E-state index in [0.717, 1.165) is 17.5 Å². The van der Waals surface area contributed by atoms with Crippen molar-refractivity contribution in [1.82, 2.24) is 4.98 Å². The van der Waals surface area contributed by atoms with Crippen molar-refractivity contribution in [3.8, 4) is 11.5 Å². The summed E-state index contributed by atoms with van der Waals surface area (Å²) in [6.45, 7) is 8.76. The maximum Gasteiger partial charge on any atom is 0.297 e. The highest BCUT2D eigenvalue weighted by molar-refractivity contribution is 7.13. The molecule has 1 aliphatic rings. The third kappa shape index (κ3) is 4.05. The number of aryl methyl sites for hydroxylation is 2. The van der Waals surface area contributed by atoms with Gasteiger partial charge in [-0.3, -0.25) is 14.5 Å². The topological polar surface area (TPSA) is 81.9 Å². The molecular weight excluding hydrogens is 476 g/mol. The summed E-state index contributed by atoms with van der Waals surface area (Å²) >= 11 is 1.33. The number of carbonyl (C=O) groups is 1. The Labute approximate surface area is 213 Å². The van der Waals surface area contributed by atoms with Gasteiger partial charge in [0.2, 0.25) is 5.76 Å². The second kappa shape index (κ2) is 9.43. The van der Waals surface area contributed by atoms with Crippen LogP contribution < -0.4 is 19.8 Å². The van der Waals surface area contributed by atoms with Crippen molar-refractivity contribution in [1.29, 1.82) is 0 Å². The van der Waals surface area contributed by atoms with E-state index in [2.05, 4.69) is 18.8 Å². The molecule has 3 heterocycles. The number of anilines is 1. The Morgan fingerprint density at radius 3 is 2.58 bits per heavy atom. The zero-order valence-corrected chi connectivity index (χ0v) is 21.8. The van der Waals surface area contributed by atoms with Crippen LogP contribution in [0.3, 0.4) is 0 Å². The number of thiazole rings is 1. The second-order valence-electron chi connectivity index (χ2n) is 9.44. The molecule has 1 amide bonds. The van der Waals surface area contributed by atoms with E-state index >= 15 is 0 Å². The van der Waals surface area contributed by atoms with Crippen molar-refractivity contribution in [2.75, 3.05) is 18.6 Å². The molecular formula is C28H28N2O5S. The predicted octanol–water partition coefficient (Wildman–Crippen LogP) is 6.05. The Morgan fingerprint density at radius 1 is 1.11 bits per heavy atom. The highest BCUT2D eigenvalue weighted by Crippen LogP contribution is 2.43. The lowest BCUT2D eigenvalue weighted by molar-refractivity contribution is 0.0971. The summed E-state index contributed by atoms with van der Waals surface area (Å²) in [6, 6.07) is 8.45. The summed E-state index contributed by atoms with van der Waals surface area (Å²) in [7, 11) is 1.58. The molecule has 0 aliphatic carbocycles. The van der Waals surface area contributed by atoms with Crippen molar-refractivity contribution in [3.63, 3.8) is 0 Å². The van der Waals surface area contributed by atoms with Gasteiger partial charge in [-0.1, -0.05) is 19.9 Å². The van der Waals surface area contributed by atoms with Crippen LogP contribution in [0.25, 0.3) is 11.0 Å². The van der Waals surface area contributed by atoms with E-state index in [4.69, 9.17) is 13.9 Å². The molecule has 36 heavy (non-hydrogen) atoms. The molecule has 8 heteroatoms. The fourth-order valence-electron chi connectivity index (χ4n) is 4.45. The minimum atomic E-state index is -0.709. The fraction of sp³-hybridized carbons (Fsp3) is 0.321. The zero-order valence-electron chi connectivity index (χ0n) is 21.0. The minimum Gasteiger partial charge on any atom is -0.493 e. The van der Waals surface area contributed by atoms with Gasteiger partial charge < -0.3 is 13.9 Å². The van der Waals surface area contributed by atoms with Crippen LogP contribution in [0.5, 0.6) is 11.5 Å². The molecule has 1 atom stereocenters. The van der Waals surface area contributed by atoms with Crippen molar-refractivity contribution in [2.24, 2.45) is 5.92 Å². The third-order valence-corrected chi connectivity index (χ3v) is 7.34. The number of rotatable bonds is 7. The number of aromatic nitrogens is 1. The van der Waals surface area contributed by atoms with Crippen LogP contribution in [0, 0.1) is 19.8 Å². The van der Waals surface area contributed by atoms with E-state index in [9.17, 15) is 9.59 Å². The largest absolute Gasteiger partial charge is 0.493 e. The van der Waals surface area contributed by atoms with Gasteiger partial charge in [0.15, 0.2) is 22.1 Å². The predicted molar refractivity (Wildman–Crippen MR) is 141 cm³/mol. The normalized spacial score (nSPS) is 15.1. The summed E-state index contributed by atoms with van der Waals surface area (Å²) in [4.78, 5) is 33.4. The number of methoxy groups -OCH3 is 1. The van der Waals surface area contributed by atoms with Crippen LogP contribution >= 0.6 is 11.3 Å². The van der Waals surface area contributed by atoms with Gasteiger partial charge in [0.05, 0.1) is 30.7 Å². The number of fused-ring (bicyclic) bond motifs is 2. The van der Waals surface area contributed by atoms with E-state index in [1.807, 2.05) is 44.2 Å². The van der Waals surface area contributed by atoms with Gasteiger partial charge >= 0.3 is 0 Å². The second-order valence-corrected chi connectivity index (χ2v) is 10.3. The first-order valence-electron chi connectivity index (χ1n) is 11.9. The summed E-state index contributed by atoms with van der Waals surface area (Å²) < 4.78 is 17.7. The van der Waals surface area contributed by atoms with E-state index < -0.39 is 11.9 Å². The van der Waals surface area contributed by atoms with Crippen LogP contribution in [0.2, 0.25) is 0 Å². The van der Waals surface area contributed by atoms with Crippen LogP contribution in [0.1, 0.15) is 59.1 Å². The molecule has 1 aliphatic heterocycles. The Morgan fingerprint density at radius 2 is 1.89 bits per heavy atom. The molecule has 186 valence electrons. The molecule has 4 aromatic rings. The highest BCUT2D eigenvalue weighted by Gasteiger charge is 2.45. The number of carbonyl (C=O) groups excluding carboxylic acids is 1. The Kier molecular flexibility index (Phi) is 6.30. The first-order valence-corrected chi connectivity index (χ1v) is 12.8. The van der Waals surface area contributed by atoms with Crippen molar-refractivity contribution < 1.29 is 18.7 Å². The minimum absolute atomic E-state index is 0.0483. The lowest BCUT2D eigenvalue weighted by atomic mass is 9.97. The fourth-order valence-corrected chi connectivity index (χ4v) is 5.12. The van der Waals surface area contributed by atoms with E-state index in [-0.39, 0.29) is 11.2 Å². The first kappa shape index (κ1) is 24.1. The molecule has 0 N–H and O–H groups in total. The SMILES string of the molecule is COc1cc(C2c3c(oc4cc(C)c(C)cc4c3=O)C(=O)N2c2nccs2)ccc1OCCC(C)C. The van der Waals surface area contributed by atoms with Crippen molar-refractivity contribution in [2.45, 2.75) is 40.2 Å². The molecule has 0 radical (unpaired) electrons. The average Bonchev–Trinajstić information content (AvgIpc) is 3.47. The maximum atomic E-state index is 13.8. The Bertz CT molecular complexity index is 1510. The highest BCUT2D eigenvalue weighted by atomic mass is 32.1. The molecule has 2 aromatic heterocycles. The zero-order chi connectivity index (χ0) is 25.6. The molecule has 2 aromatic carbocycles. The smallest absolute Gasteiger partial charge is 0.297 e. The Balaban J connectivity index is 1.68. The molecule has 0 fully saturated rings. The maximum absolute atomic E-state index is 13.8.